The summed E-state index contributed by atoms with van der Waals surface area (Å²) in [5.41, 5.74) is -0.110. The quantitative estimate of drug-likeness (QED) is 0.530. The number of non-ortho nitro benzene ring substituents is 1. The van der Waals surface area contributed by atoms with Crippen molar-refractivity contribution in [3.63, 3.8) is 0 Å². The van der Waals surface area contributed by atoms with Gasteiger partial charge in [0, 0.05) is 17.7 Å². The molecule has 12 heteroatoms. The van der Waals surface area contributed by atoms with Gasteiger partial charge >= 0.3 is 12.1 Å². The largest absolute Gasteiger partial charge is 0.481 e. The topological polar surface area (TPSA) is 163 Å². The molecule has 27 heavy (non-hydrogen) atoms. The number of carboxylic acid groups (broad SMARTS) is 1. The molecule has 2 N–H and O–H groups in total. The number of hydrogen-bond donors (Lipinski definition) is 2. The number of nitro benzene ring substituents is 1. The molecule has 0 saturated carbocycles. The summed E-state index contributed by atoms with van der Waals surface area (Å²) in [5, 5.41) is 22.8. The first-order valence-corrected chi connectivity index (χ1v) is 7.45. The molecule has 12 nitrogen and oxygen atoms in total. The second kappa shape index (κ2) is 8.12. The highest BCUT2D eigenvalue weighted by atomic mass is 16.6. The molecule has 144 valence electrons. The maximum Gasteiger partial charge on any atom is 0.407 e. The van der Waals surface area contributed by atoms with Crippen molar-refractivity contribution in [1.82, 2.24) is 15.3 Å². The summed E-state index contributed by atoms with van der Waals surface area (Å²) in [5.74, 6) is -1.26. The number of carboxylic acids is 1. The number of aliphatic carboxylic acids is 1. The molecule has 2 rings (SSSR count). The molecule has 0 spiro atoms. The lowest BCUT2D eigenvalue weighted by atomic mass is 10.0. The Bertz CT molecular complexity index is 901. The van der Waals surface area contributed by atoms with Gasteiger partial charge in [0.15, 0.2) is 0 Å². The Hall–Kier alpha value is -3.70. The number of aromatic nitrogens is 2. The number of alkyl carbamates (subject to hydrolysis) is 1. The van der Waals surface area contributed by atoms with Crippen LogP contribution in [-0.4, -0.2) is 53.4 Å². The van der Waals surface area contributed by atoms with Crippen LogP contribution in [0.15, 0.2) is 12.1 Å². The number of fused-ring (bicyclic) bond motifs is 1. The Kier molecular flexibility index (Phi) is 5.90. The number of ether oxygens (including phenoxy) is 3. The first-order valence-electron chi connectivity index (χ1n) is 7.45. The van der Waals surface area contributed by atoms with Crippen LogP contribution in [0.5, 0.6) is 11.8 Å². The predicted molar refractivity (Wildman–Crippen MR) is 89.8 cm³/mol. The molecule has 0 fully saturated rings. The van der Waals surface area contributed by atoms with Gasteiger partial charge in [0.25, 0.3) is 17.4 Å². The second-order valence-electron chi connectivity index (χ2n) is 5.19. The van der Waals surface area contributed by atoms with Crippen molar-refractivity contribution in [1.29, 1.82) is 0 Å². The standard InChI is InChI=1S/C15H16N4O8/c1-25-13-14(26-2)18-12-8(4-7(19(23)24)5-10(12)16-13)9(6-11(20)21)17-15(22)27-3/h4-5,9H,6H2,1-3H3,(H,17,22)(H,20,21). The number of nitrogens with zero attached hydrogens (tertiary/aromatic N) is 3. The summed E-state index contributed by atoms with van der Waals surface area (Å²) in [6.45, 7) is 0. The van der Waals surface area contributed by atoms with E-state index in [1.807, 2.05) is 0 Å². The lowest BCUT2D eigenvalue weighted by Gasteiger charge is -2.18. The highest BCUT2D eigenvalue weighted by molar-refractivity contribution is 5.84. The van der Waals surface area contributed by atoms with Crippen LogP contribution < -0.4 is 14.8 Å². The molecule has 0 saturated heterocycles. The van der Waals surface area contributed by atoms with Gasteiger partial charge in [0.05, 0.1) is 44.2 Å². The maximum absolute atomic E-state index is 11.6. The minimum Gasteiger partial charge on any atom is -0.481 e. The van der Waals surface area contributed by atoms with Gasteiger partial charge in [-0.25, -0.2) is 14.8 Å². The molecule has 1 aromatic carbocycles. The molecule has 1 heterocycles. The van der Waals surface area contributed by atoms with Gasteiger partial charge in [0.2, 0.25) is 0 Å². The summed E-state index contributed by atoms with van der Waals surface area (Å²) in [4.78, 5) is 41.8. The molecular weight excluding hydrogens is 364 g/mol. The van der Waals surface area contributed by atoms with Gasteiger partial charge in [-0.2, -0.15) is 0 Å². The lowest BCUT2D eigenvalue weighted by Crippen LogP contribution is -2.30. The number of carbonyl (C=O) groups excluding carboxylic acids is 1. The summed E-state index contributed by atoms with van der Waals surface area (Å²) in [6.07, 6.45) is -1.48. The smallest absolute Gasteiger partial charge is 0.407 e. The summed E-state index contributed by atoms with van der Waals surface area (Å²) < 4.78 is 14.6. The van der Waals surface area contributed by atoms with Gasteiger partial charge in [-0.05, 0) is 0 Å². The van der Waals surface area contributed by atoms with Crippen molar-refractivity contribution in [2.24, 2.45) is 0 Å². The molecule has 0 bridgehead atoms. The highest BCUT2D eigenvalue weighted by Gasteiger charge is 2.26. The third-order valence-electron chi connectivity index (χ3n) is 3.55. The number of hydrogen-bond acceptors (Lipinski definition) is 9. The fraction of sp³-hybridized carbons (Fsp3) is 0.333. The third kappa shape index (κ3) is 4.29. The molecular formula is C15H16N4O8. The summed E-state index contributed by atoms with van der Waals surface area (Å²) in [7, 11) is 3.75. The van der Waals surface area contributed by atoms with E-state index in [-0.39, 0.29) is 34.0 Å². The monoisotopic (exact) mass is 380 g/mol. The van der Waals surface area contributed by atoms with Crippen LogP contribution in [-0.2, 0) is 9.53 Å². The summed E-state index contributed by atoms with van der Waals surface area (Å²) >= 11 is 0. The number of nitro groups is 1. The van der Waals surface area contributed by atoms with Crippen molar-refractivity contribution in [2.45, 2.75) is 12.5 Å². The Morgan fingerprint density at radius 2 is 1.85 bits per heavy atom. The minimum atomic E-state index is -1.25. The Labute approximate surface area is 152 Å². The molecule has 1 atom stereocenters. The van der Waals surface area contributed by atoms with E-state index in [9.17, 15) is 19.7 Å². The van der Waals surface area contributed by atoms with Crippen molar-refractivity contribution < 1.29 is 33.8 Å². The molecule has 1 amide bonds. The number of benzene rings is 1. The first kappa shape index (κ1) is 19.6. The van der Waals surface area contributed by atoms with E-state index in [0.29, 0.717) is 0 Å². The van der Waals surface area contributed by atoms with Gasteiger partial charge in [-0.1, -0.05) is 0 Å². The molecule has 0 aliphatic heterocycles. The highest BCUT2D eigenvalue weighted by Crippen LogP contribution is 2.33. The third-order valence-corrected chi connectivity index (χ3v) is 3.55. The fourth-order valence-corrected chi connectivity index (χ4v) is 2.39. The SMILES string of the molecule is COC(=O)NC(CC(=O)O)c1cc([N+](=O)[O-])cc2nc(OC)c(OC)nc12. The van der Waals surface area contributed by atoms with Crippen LogP contribution in [0.1, 0.15) is 18.0 Å². The van der Waals surface area contributed by atoms with Crippen LogP contribution in [0.2, 0.25) is 0 Å². The average Bonchev–Trinajstić information content (AvgIpc) is 2.64. The average molecular weight is 380 g/mol. The van der Waals surface area contributed by atoms with E-state index in [0.717, 1.165) is 19.2 Å². The number of amides is 1. The van der Waals surface area contributed by atoms with E-state index in [2.05, 4.69) is 20.0 Å². The van der Waals surface area contributed by atoms with Crippen molar-refractivity contribution in [3.05, 3.63) is 27.8 Å². The normalized spacial score (nSPS) is 11.5. The second-order valence-corrected chi connectivity index (χ2v) is 5.19. The summed E-state index contributed by atoms with van der Waals surface area (Å²) in [6, 6.07) is 1.11. The number of nitrogens with one attached hydrogen (secondary N) is 1. The van der Waals surface area contributed by atoms with Crippen molar-refractivity contribution in [3.8, 4) is 11.8 Å². The van der Waals surface area contributed by atoms with Gasteiger partial charge in [0.1, 0.15) is 5.52 Å². The van der Waals surface area contributed by atoms with Crippen LogP contribution >= 0.6 is 0 Å². The van der Waals surface area contributed by atoms with Gasteiger partial charge < -0.3 is 24.6 Å². The molecule has 0 aliphatic carbocycles. The molecule has 0 aliphatic rings. The zero-order valence-corrected chi connectivity index (χ0v) is 14.6. The van der Waals surface area contributed by atoms with Crippen LogP contribution in [0.4, 0.5) is 10.5 Å². The molecule has 2 aromatic rings. The molecule has 0 radical (unpaired) electrons. The first-order chi connectivity index (χ1) is 12.8. The van der Waals surface area contributed by atoms with Crippen LogP contribution in [0, 0.1) is 10.1 Å². The van der Waals surface area contributed by atoms with E-state index in [1.54, 1.807) is 0 Å². The van der Waals surface area contributed by atoms with Gasteiger partial charge in [-0.3, -0.25) is 14.9 Å². The van der Waals surface area contributed by atoms with Crippen molar-refractivity contribution in [2.75, 3.05) is 21.3 Å². The molecule has 1 unspecified atom stereocenters. The van der Waals surface area contributed by atoms with E-state index in [4.69, 9.17) is 14.6 Å². The number of rotatable bonds is 7. The zero-order valence-electron chi connectivity index (χ0n) is 14.6. The maximum atomic E-state index is 11.6. The Balaban J connectivity index is 2.77. The number of methoxy groups -OCH3 is 3. The van der Waals surface area contributed by atoms with E-state index in [1.165, 1.54) is 14.2 Å². The predicted octanol–water partition coefficient (Wildman–Crippen LogP) is 1.43. The van der Waals surface area contributed by atoms with Crippen molar-refractivity contribution >= 4 is 28.8 Å². The van der Waals surface area contributed by atoms with Gasteiger partial charge in [-0.15, -0.1) is 0 Å². The number of carbonyl (C=O) groups is 2. The van der Waals surface area contributed by atoms with Crippen LogP contribution in [0.25, 0.3) is 11.0 Å². The Morgan fingerprint density at radius 3 is 2.37 bits per heavy atom. The zero-order chi connectivity index (χ0) is 20.1. The minimum absolute atomic E-state index is 0.00718. The van der Waals surface area contributed by atoms with E-state index >= 15 is 0 Å². The van der Waals surface area contributed by atoms with E-state index < -0.39 is 29.4 Å². The Morgan fingerprint density at radius 1 is 1.22 bits per heavy atom. The van der Waals surface area contributed by atoms with Crippen LogP contribution in [0.3, 0.4) is 0 Å². The molecule has 1 aromatic heterocycles. The fourth-order valence-electron chi connectivity index (χ4n) is 2.39. The lowest BCUT2D eigenvalue weighted by molar-refractivity contribution is -0.384.